The van der Waals surface area contributed by atoms with E-state index in [1.54, 1.807) is 0 Å². The Morgan fingerprint density at radius 2 is 2.10 bits per heavy atom. The van der Waals surface area contributed by atoms with Crippen LogP contribution in [0.25, 0.3) is 0 Å². The van der Waals surface area contributed by atoms with Gasteiger partial charge in [-0.1, -0.05) is 6.92 Å². The predicted molar refractivity (Wildman–Crippen MR) is 70.4 cm³/mol. The summed E-state index contributed by atoms with van der Waals surface area (Å²) in [7, 11) is 0. The normalized spacial score (nSPS) is 13.7. The number of amides is 1. The molecule has 0 radical (unpaired) electrons. The molecular weight excluding hydrogens is 268 g/mol. The second kappa shape index (κ2) is 7.79. The highest BCUT2D eigenvalue weighted by molar-refractivity contribution is 5.81. The zero-order valence-electron chi connectivity index (χ0n) is 11.5. The average Bonchev–Trinajstić information content (AvgIpc) is 2.42. The summed E-state index contributed by atoms with van der Waals surface area (Å²) in [5, 5.41) is 11.6. The predicted octanol–water partition coefficient (Wildman–Crippen LogP) is 2.01. The minimum absolute atomic E-state index is 0.0167. The molecule has 0 aliphatic rings. The lowest BCUT2D eigenvalue weighted by atomic mass is 10.1. The maximum absolute atomic E-state index is 13.0. The Kier molecular flexibility index (Phi) is 6.38. The van der Waals surface area contributed by atoms with Gasteiger partial charge in [0.1, 0.15) is 5.75 Å². The van der Waals surface area contributed by atoms with Crippen LogP contribution in [0, 0.1) is 11.6 Å². The van der Waals surface area contributed by atoms with Crippen molar-refractivity contribution in [3.63, 3.8) is 0 Å². The Balaban J connectivity index is 2.58. The molecule has 1 aromatic carbocycles. The quantitative estimate of drug-likeness (QED) is 0.806. The zero-order chi connectivity index (χ0) is 15.1. The molecule has 112 valence electrons. The van der Waals surface area contributed by atoms with E-state index in [2.05, 4.69) is 5.32 Å². The van der Waals surface area contributed by atoms with Crippen LogP contribution in [0.3, 0.4) is 0 Å². The first-order valence-electron chi connectivity index (χ1n) is 6.50. The Hall–Kier alpha value is -1.69. The molecule has 0 bridgehead atoms. The molecule has 0 aromatic heterocycles. The van der Waals surface area contributed by atoms with Crippen LogP contribution in [0.5, 0.6) is 5.75 Å². The number of carbonyl (C=O) groups excluding carboxylic acids is 1. The maximum atomic E-state index is 13.0. The Morgan fingerprint density at radius 3 is 2.65 bits per heavy atom. The average molecular weight is 287 g/mol. The lowest BCUT2D eigenvalue weighted by Crippen LogP contribution is -2.42. The third-order valence-corrected chi connectivity index (χ3v) is 2.89. The van der Waals surface area contributed by atoms with E-state index in [1.165, 1.54) is 13.0 Å². The molecule has 2 unspecified atom stereocenters. The van der Waals surface area contributed by atoms with Gasteiger partial charge in [0, 0.05) is 18.7 Å². The standard InChI is InChI=1S/C14H19F2NO3/c1-3-10(6-7-18)17-14(19)9(2)20-11-4-5-12(15)13(16)8-11/h4-5,8-10,18H,3,6-7H2,1-2H3,(H,17,19). The van der Waals surface area contributed by atoms with Crippen LogP contribution in [-0.4, -0.2) is 29.8 Å². The summed E-state index contributed by atoms with van der Waals surface area (Å²) in [5.41, 5.74) is 0. The Bertz CT molecular complexity index is 454. The van der Waals surface area contributed by atoms with Gasteiger partial charge in [0.25, 0.3) is 5.91 Å². The van der Waals surface area contributed by atoms with Gasteiger partial charge < -0.3 is 15.2 Å². The zero-order valence-corrected chi connectivity index (χ0v) is 11.5. The number of aliphatic hydroxyl groups excluding tert-OH is 1. The van der Waals surface area contributed by atoms with Crippen LogP contribution in [0.15, 0.2) is 18.2 Å². The summed E-state index contributed by atoms with van der Waals surface area (Å²) in [6.07, 6.45) is 0.303. The lowest BCUT2D eigenvalue weighted by Gasteiger charge is -2.20. The van der Waals surface area contributed by atoms with Crippen molar-refractivity contribution in [1.82, 2.24) is 5.32 Å². The van der Waals surface area contributed by atoms with E-state index in [-0.39, 0.29) is 24.3 Å². The third kappa shape index (κ3) is 4.77. The topological polar surface area (TPSA) is 58.6 Å². The molecule has 1 aromatic rings. The summed E-state index contributed by atoms with van der Waals surface area (Å²) in [4.78, 5) is 11.9. The number of ether oxygens (including phenoxy) is 1. The van der Waals surface area contributed by atoms with Crippen LogP contribution in [-0.2, 0) is 4.79 Å². The maximum Gasteiger partial charge on any atom is 0.260 e. The van der Waals surface area contributed by atoms with E-state index in [0.29, 0.717) is 12.8 Å². The second-order valence-electron chi connectivity index (χ2n) is 4.46. The summed E-state index contributed by atoms with van der Waals surface area (Å²) in [6, 6.07) is 2.95. The molecule has 0 fully saturated rings. The van der Waals surface area contributed by atoms with Crippen molar-refractivity contribution in [2.45, 2.75) is 38.8 Å². The van der Waals surface area contributed by atoms with Gasteiger partial charge in [0.05, 0.1) is 0 Å². The van der Waals surface area contributed by atoms with Gasteiger partial charge in [-0.05, 0) is 31.9 Å². The molecule has 0 aliphatic heterocycles. The highest BCUT2D eigenvalue weighted by Crippen LogP contribution is 2.16. The third-order valence-electron chi connectivity index (χ3n) is 2.89. The smallest absolute Gasteiger partial charge is 0.260 e. The molecule has 20 heavy (non-hydrogen) atoms. The van der Waals surface area contributed by atoms with E-state index in [1.807, 2.05) is 6.92 Å². The van der Waals surface area contributed by atoms with Crippen molar-refractivity contribution in [3.8, 4) is 5.75 Å². The fraction of sp³-hybridized carbons (Fsp3) is 0.500. The summed E-state index contributed by atoms with van der Waals surface area (Å²) in [6.45, 7) is 3.39. The van der Waals surface area contributed by atoms with E-state index in [0.717, 1.165) is 12.1 Å². The first kappa shape index (κ1) is 16.4. The second-order valence-corrected chi connectivity index (χ2v) is 4.46. The van der Waals surface area contributed by atoms with Gasteiger partial charge in [-0.3, -0.25) is 4.79 Å². The van der Waals surface area contributed by atoms with Crippen molar-refractivity contribution >= 4 is 5.91 Å². The molecular formula is C14H19F2NO3. The first-order chi connectivity index (χ1) is 9.47. The highest BCUT2D eigenvalue weighted by atomic mass is 19.2. The first-order valence-corrected chi connectivity index (χ1v) is 6.50. The molecule has 6 heteroatoms. The number of rotatable bonds is 7. The van der Waals surface area contributed by atoms with Gasteiger partial charge in [0.2, 0.25) is 0 Å². The molecule has 1 amide bonds. The number of carbonyl (C=O) groups is 1. The summed E-state index contributed by atoms with van der Waals surface area (Å²) < 4.78 is 31.0. The van der Waals surface area contributed by atoms with Crippen molar-refractivity contribution in [3.05, 3.63) is 29.8 Å². The number of halogens is 2. The van der Waals surface area contributed by atoms with Gasteiger partial charge in [0.15, 0.2) is 17.7 Å². The molecule has 2 N–H and O–H groups in total. The molecule has 2 atom stereocenters. The van der Waals surface area contributed by atoms with Gasteiger partial charge >= 0.3 is 0 Å². The molecule has 1 rings (SSSR count). The molecule has 0 spiro atoms. The van der Waals surface area contributed by atoms with Crippen molar-refractivity contribution in [2.75, 3.05) is 6.61 Å². The van der Waals surface area contributed by atoms with Crippen molar-refractivity contribution in [1.29, 1.82) is 0 Å². The minimum atomic E-state index is -1.03. The Morgan fingerprint density at radius 1 is 1.40 bits per heavy atom. The van der Waals surface area contributed by atoms with E-state index >= 15 is 0 Å². The molecule has 0 aliphatic carbocycles. The molecule has 0 heterocycles. The minimum Gasteiger partial charge on any atom is -0.481 e. The Labute approximate surface area is 116 Å². The van der Waals surface area contributed by atoms with Crippen LogP contribution >= 0.6 is 0 Å². The number of hydrogen-bond acceptors (Lipinski definition) is 3. The largest absolute Gasteiger partial charge is 0.481 e. The number of nitrogens with one attached hydrogen (secondary N) is 1. The number of benzene rings is 1. The summed E-state index contributed by atoms with van der Waals surface area (Å²) >= 11 is 0. The monoisotopic (exact) mass is 287 g/mol. The van der Waals surface area contributed by atoms with Crippen LogP contribution in [0.2, 0.25) is 0 Å². The fourth-order valence-corrected chi connectivity index (χ4v) is 1.66. The molecule has 0 saturated heterocycles. The fourth-order valence-electron chi connectivity index (χ4n) is 1.66. The summed E-state index contributed by atoms with van der Waals surface area (Å²) in [5.74, 6) is -2.28. The van der Waals surface area contributed by atoms with E-state index in [9.17, 15) is 13.6 Å². The van der Waals surface area contributed by atoms with Crippen LogP contribution in [0.1, 0.15) is 26.7 Å². The number of hydrogen-bond donors (Lipinski definition) is 2. The van der Waals surface area contributed by atoms with Crippen LogP contribution in [0.4, 0.5) is 8.78 Å². The molecule has 0 saturated carbocycles. The van der Waals surface area contributed by atoms with E-state index < -0.39 is 17.7 Å². The van der Waals surface area contributed by atoms with Crippen LogP contribution < -0.4 is 10.1 Å². The van der Waals surface area contributed by atoms with Gasteiger partial charge in [-0.25, -0.2) is 8.78 Å². The van der Waals surface area contributed by atoms with Gasteiger partial charge in [-0.2, -0.15) is 0 Å². The SMILES string of the molecule is CCC(CCO)NC(=O)C(C)Oc1ccc(F)c(F)c1. The van der Waals surface area contributed by atoms with Crippen molar-refractivity contribution < 1.29 is 23.4 Å². The van der Waals surface area contributed by atoms with E-state index in [4.69, 9.17) is 9.84 Å². The molecule has 4 nitrogen and oxygen atoms in total. The van der Waals surface area contributed by atoms with Gasteiger partial charge in [-0.15, -0.1) is 0 Å². The van der Waals surface area contributed by atoms with Crippen molar-refractivity contribution in [2.24, 2.45) is 0 Å². The lowest BCUT2D eigenvalue weighted by molar-refractivity contribution is -0.128. The highest BCUT2D eigenvalue weighted by Gasteiger charge is 2.18. The number of aliphatic hydroxyl groups is 1.